The lowest BCUT2D eigenvalue weighted by Gasteiger charge is -2.27. The van der Waals surface area contributed by atoms with Gasteiger partial charge < -0.3 is 20.2 Å². The summed E-state index contributed by atoms with van der Waals surface area (Å²) < 4.78 is 5.12. The number of nitrogens with two attached hydrogens (primary N) is 1. The molecule has 1 aromatic carbocycles. The van der Waals surface area contributed by atoms with Crippen LogP contribution in [0.25, 0.3) is 4.85 Å². The van der Waals surface area contributed by atoms with Crippen molar-refractivity contribution >= 4 is 11.6 Å². The molecule has 1 aliphatic heterocycles. The van der Waals surface area contributed by atoms with E-state index in [0.29, 0.717) is 30.1 Å². The molecule has 1 amide bonds. The van der Waals surface area contributed by atoms with Gasteiger partial charge in [0.15, 0.2) is 0 Å². The van der Waals surface area contributed by atoms with E-state index in [-0.39, 0.29) is 11.9 Å². The molecule has 5 heteroatoms. The molecule has 100 valence electrons. The highest BCUT2D eigenvalue weighted by molar-refractivity contribution is 5.95. The zero-order valence-corrected chi connectivity index (χ0v) is 10.9. The van der Waals surface area contributed by atoms with Crippen LogP contribution in [-0.4, -0.2) is 37.0 Å². The van der Waals surface area contributed by atoms with Crippen molar-refractivity contribution in [2.45, 2.75) is 18.9 Å². The fourth-order valence-electron chi connectivity index (χ4n) is 2.22. The van der Waals surface area contributed by atoms with Crippen LogP contribution < -0.4 is 10.5 Å². The molecule has 0 saturated carbocycles. The van der Waals surface area contributed by atoms with Gasteiger partial charge in [-0.15, -0.1) is 0 Å². The minimum absolute atomic E-state index is 0.0262. The number of likely N-dealkylation sites (tertiary alicyclic amines) is 1. The predicted octanol–water partition coefficient (Wildman–Crippen LogP) is 1.80. The summed E-state index contributed by atoms with van der Waals surface area (Å²) in [7, 11) is 1.53. The third kappa shape index (κ3) is 2.79. The average Bonchev–Trinajstić information content (AvgIpc) is 2.47. The summed E-state index contributed by atoms with van der Waals surface area (Å²) in [6, 6.07) is 5.11. The standard InChI is InChI=1S/C14H17N3O2/c1-16-11-5-7-17(8-6-11)14(18)10-3-4-12(15)13(9-10)19-2/h3-4,9,11H,5-8,15H2,2H3. The molecule has 0 aromatic heterocycles. The van der Waals surface area contributed by atoms with Crippen LogP contribution in [0.2, 0.25) is 0 Å². The molecule has 1 saturated heterocycles. The molecule has 5 nitrogen and oxygen atoms in total. The molecule has 0 bridgehead atoms. The lowest BCUT2D eigenvalue weighted by atomic mass is 10.0. The van der Waals surface area contributed by atoms with E-state index in [1.54, 1.807) is 23.1 Å². The van der Waals surface area contributed by atoms with E-state index in [1.165, 1.54) is 7.11 Å². The molecule has 2 rings (SSSR count). The first-order chi connectivity index (χ1) is 9.15. The Kier molecular flexibility index (Phi) is 3.91. The van der Waals surface area contributed by atoms with Gasteiger partial charge in [-0.2, -0.15) is 0 Å². The number of anilines is 1. The molecule has 0 unspecified atom stereocenters. The number of ether oxygens (including phenoxy) is 1. The maximum absolute atomic E-state index is 12.3. The Balaban J connectivity index is 2.10. The summed E-state index contributed by atoms with van der Waals surface area (Å²) in [5, 5.41) is 0. The second-order valence-electron chi connectivity index (χ2n) is 4.61. The zero-order valence-electron chi connectivity index (χ0n) is 10.9. The largest absolute Gasteiger partial charge is 0.495 e. The molecule has 2 N–H and O–H groups in total. The van der Waals surface area contributed by atoms with Crippen LogP contribution in [-0.2, 0) is 0 Å². The second kappa shape index (κ2) is 5.61. The van der Waals surface area contributed by atoms with E-state index in [2.05, 4.69) is 4.85 Å². The molecule has 1 aliphatic rings. The highest BCUT2D eigenvalue weighted by Gasteiger charge is 2.26. The predicted molar refractivity (Wildman–Crippen MR) is 72.9 cm³/mol. The maximum atomic E-state index is 12.3. The summed E-state index contributed by atoms with van der Waals surface area (Å²) in [5.41, 5.74) is 6.83. The van der Waals surface area contributed by atoms with Gasteiger partial charge >= 0.3 is 0 Å². The van der Waals surface area contributed by atoms with Gasteiger partial charge in [-0.05, 0) is 18.2 Å². The monoisotopic (exact) mass is 259 g/mol. The molecule has 0 spiro atoms. The fraction of sp³-hybridized carbons (Fsp3) is 0.429. The Bertz CT molecular complexity index is 514. The van der Waals surface area contributed by atoms with Crippen LogP contribution in [0.15, 0.2) is 18.2 Å². The minimum atomic E-state index is -0.0262. The molecule has 19 heavy (non-hydrogen) atoms. The van der Waals surface area contributed by atoms with Crippen molar-refractivity contribution in [2.75, 3.05) is 25.9 Å². The number of amides is 1. The quantitative estimate of drug-likeness (QED) is 0.651. The first kappa shape index (κ1) is 13.2. The Morgan fingerprint density at radius 1 is 1.47 bits per heavy atom. The highest BCUT2D eigenvalue weighted by Crippen LogP contribution is 2.24. The minimum Gasteiger partial charge on any atom is -0.495 e. The molecular formula is C14H17N3O2. The fourth-order valence-corrected chi connectivity index (χ4v) is 2.22. The molecular weight excluding hydrogens is 242 g/mol. The molecule has 0 aliphatic carbocycles. The van der Waals surface area contributed by atoms with Crippen molar-refractivity contribution in [3.8, 4) is 5.75 Å². The van der Waals surface area contributed by atoms with Crippen LogP contribution >= 0.6 is 0 Å². The number of piperidine rings is 1. The normalized spacial score (nSPS) is 15.9. The third-order valence-electron chi connectivity index (χ3n) is 3.41. The number of carbonyl (C=O) groups excluding carboxylic acids is 1. The summed E-state index contributed by atoms with van der Waals surface area (Å²) in [6.07, 6.45) is 1.50. The SMILES string of the molecule is [C-]#[N+]C1CCN(C(=O)c2ccc(N)c(OC)c2)CC1. The van der Waals surface area contributed by atoms with Crippen LogP contribution in [0, 0.1) is 6.57 Å². The first-order valence-corrected chi connectivity index (χ1v) is 6.25. The van der Waals surface area contributed by atoms with Gasteiger partial charge in [0.2, 0.25) is 6.04 Å². The Labute approximate surface area is 112 Å². The number of benzene rings is 1. The van der Waals surface area contributed by atoms with Gasteiger partial charge in [-0.3, -0.25) is 4.79 Å². The van der Waals surface area contributed by atoms with Crippen LogP contribution in [0.1, 0.15) is 23.2 Å². The number of carbonyl (C=O) groups is 1. The van der Waals surface area contributed by atoms with E-state index in [9.17, 15) is 4.79 Å². The van der Waals surface area contributed by atoms with E-state index >= 15 is 0 Å². The first-order valence-electron chi connectivity index (χ1n) is 6.25. The van der Waals surface area contributed by atoms with Gasteiger partial charge in [0.25, 0.3) is 5.91 Å². The van der Waals surface area contributed by atoms with E-state index < -0.39 is 0 Å². The van der Waals surface area contributed by atoms with Gasteiger partial charge in [-0.25, -0.2) is 6.57 Å². The number of hydrogen-bond acceptors (Lipinski definition) is 3. The summed E-state index contributed by atoms with van der Waals surface area (Å²) in [6.45, 7) is 8.28. The van der Waals surface area contributed by atoms with Crippen molar-refractivity contribution in [2.24, 2.45) is 0 Å². The van der Waals surface area contributed by atoms with Gasteiger partial charge in [0.1, 0.15) is 5.75 Å². The topological polar surface area (TPSA) is 59.9 Å². The summed E-state index contributed by atoms with van der Waals surface area (Å²) >= 11 is 0. The second-order valence-corrected chi connectivity index (χ2v) is 4.61. The molecule has 1 heterocycles. The van der Waals surface area contributed by atoms with Gasteiger partial charge in [0.05, 0.1) is 12.8 Å². The number of hydrogen-bond donors (Lipinski definition) is 1. The third-order valence-corrected chi connectivity index (χ3v) is 3.41. The molecule has 1 fully saturated rings. The summed E-state index contributed by atoms with van der Waals surface area (Å²) in [5.74, 6) is 0.489. The summed E-state index contributed by atoms with van der Waals surface area (Å²) in [4.78, 5) is 17.6. The number of methoxy groups -OCH3 is 1. The molecule has 1 aromatic rings. The van der Waals surface area contributed by atoms with Crippen LogP contribution in [0.5, 0.6) is 5.75 Å². The van der Waals surface area contributed by atoms with Crippen molar-refractivity contribution in [1.82, 2.24) is 4.90 Å². The van der Waals surface area contributed by atoms with Crippen molar-refractivity contribution in [3.05, 3.63) is 35.2 Å². The number of nitrogen functional groups attached to an aromatic ring is 1. The van der Waals surface area contributed by atoms with Gasteiger partial charge in [-0.1, -0.05) is 0 Å². The van der Waals surface area contributed by atoms with Crippen LogP contribution in [0.3, 0.4) is 0 Å². The zero-order chi connectivity index (χ0) is 13.8. The van der Waals surface area contributed by atoms with Crippen molar-refractivity contribution < 1.29 is 9.53 Å². The highest BCUT2D eigenvalue weighted by atomic mass is 16.5. The van der Waals surface area contributed by atoms with E-state index in [0.717, 1.165) is 12.8 Å². The maximum Gasteiger partial charge on any atom is 0.253 e. The lowest BCUT2D eigenvalue weighted by molar-refractivity contribution is 0.0721. The Morgan fingerprint density at radius 3 is 2.74 bits per heavy atom. The lowest BCUT2D eigenvalue weighted by Crippen LogP contribution is -2.39. The number of rotatable bonds is 2. The Hall–Kier alpha value is -2.22. The van der Waals surface area contributed by atoms with Gasteiger partial charge in [0, 0.05) is 31.5 Å². The Morgan fingerprint density at radius 2 is 2.16 bits per heavy atom. The van der Waals surface area contributed by atoms with E-state index in [4.69, 9.17) is 17.0 Å². The van der Waals surface area contributed by atoms with Crippen molar-refractivity contribution in [3.63, 3.8) is 0 Å². The number of nitrogens with zero attached hydrogens (tertiary/aromatic N) is 2. The molecule has 0 radical (unpaired) electrons. The smallest absolute Gasteiger partial charge is 0.253 e. The average molecular weight is 259 g/mol. The van der Waals surface area contributed by atoms with Crippen molar-refractivity contribution in [1.29, 1.82) is 0 Å². The molecule has 0 atom stereocenters. The van der Waals surface area contributed by atoms with Crippen LogP contribution in [0.4, 0.5) is 5.69 Å². The van der Waals surface area contributed by atoms with E-state index in [1.807, 2.05) is 0 Å².